The predicted octanol–water partition coefficient (Wildman–Crippen LogP) is 4.58. The first kappa shape index (κ1) is 17.5. The Morgan fingerprint density at radius 1 is 1.04 bits per heavy atom. The van der Waals surface area contributed by atoms with E-state index >= 15 is 0 Å². The number of nitriles is 1. The van der Waals surface area contributed by atoms with Crippen LogP contribution in [0, 0.1) is 29.1 Å². The molecule has 1 aromatic rings. The maximum Gasteiger partial charge on any atom is 0.183 e. The summed E-state index contributed by atoms with van der Waals surface area (Å²) in [6.07, 6.45) is 7.48. The minimum atomic E-state index is -0.274. The third kappa shape index (κ3) is 6.06. The van der Waals surface area contributed by atoms with Crippen LogP contribution in [0.1, 0.15) is 62.9 Å². The second-order valence-corrected chi connectivity index (χ2v) is 6.05. The highest BCUT2D eigenvalue weighted by atomic mass is 16.7. The highest BCUT2D eigenvalue weighted by Gasteiger charge is 2.23. The number of hydrogen-bond donors (Lipinski definition) is 0. The Hall–Kier alpha value is -1.81. The molecule has 1 aliphatic rings. The van der Waals surface area contributed by atoms with Gasteiger partial charge in [-0.05, 0) is 18.6 Å². The van der Waals surface area contributed by atoms with Gasteiger partial charge in [-0.1, -0.05) is 57.1 Å². The van der Waals surface area contributed by atoms with Gasteiger partial charge in [0, 0.05) is 23.0 Å². The lowest BCUT2D eigenvalue weighted by Gasteiger charge is -2.29. The van der Waals surface area contributed by atoms with Gasteiger partial charge in [0.15, 0.2) is 12.4 Å². The Balaban J connectivity index is 1.73. The first-order chi connectivity index (χ1) is 11.3. The fourth-order valence-electron chi connectivity index (χ4n) is 2.76. The van der Waals surface area contributed by atoms with E-state index in [9.17, 15) is 0 Å². The van der Waals surface area contributed by atoms with Crippen LogP contribution in [0.2, 0.25) is 0 Å². The van der Waals surface area contributed by atoms with Gasteiger partial charge in [-0.25, -0.2) is 0 Å². The fraction of sp³-hybridized carbons (Fsp3) is 0.550. The Kier molecular flexibility index (Phi) is 7.67. The Labute approximate surface area is 139 Å². The molecule has 1 saturated heterocycles. The summed E-state index contributed by atoms with van der Waals surface area (Å²) < 4.78 is 11.7. The number of nitrogens with zero attached hydrogens (tertiary/aromatic N) is 1. The van der Waals surface area contributed by atoms with Crippen LogP contribution in [-0.2, 0) is 9.47 Å². The zero-order valence-corrected chi connectivity index (χ0v) is 13.9. The minimum absolute atomic E-state index is 0.274. The molecule has 1 fully saturated rings. The van der Waals surface area contributed by atoms with Crippen LogP contribution in [-0.4, -0.2) is 13.2 Å². The molecule has 0 saturated carbocycles. The zero-order valence-electron chi connectivity index (χ0n) is 13.9. The van der Waals surface area contributed by atoms with E-state index in [4.69, 9.17) is 14.7 Å². The smallest absolute Gasteiger partial charge is 0.183 e. The molecule has 23 heavy (non-hydrogen) atoms. The van der Waals surface area contributed by atoms with Crippen molar-refractivity contribution in [2.75, 3.05) is 13.2 Å². The SMILES string of the molecule is CCCCCCCC1COC(c2ccc(C#CC#N)cc2)OC1. The van der Waals surface area contributed by atoms with Crippen LogP contribution in [0.3, 0.4) is 0 Å². The summed E-state index contributed by atoms with van der Waals surface area (Å²) in [6, 6.07) is 9.52. The summed E-state index contributed by atoms with van der Waals surface area (Å²) in [4.78, 5) is 0. The molecule has 3 nitrogen and oxygen atoms in total. The van der Waals surface area contributed by atoms with Gasteiger partial charge in [-0.2, -0.15) is 5.26 Å². The molecular formula is C20H25NO2. The second-order valence-electron chi connectivity index (χ2n) is 6.05. The molecule has 0 N–H and O–H groups in total. The average molecular weight is 311 g/mol. The molecule has 0 amide bonds. The van der Waals surface area contributed by atoms with Crippen LogP contribution >= 0.6 is 0 Å². The Bertz CT molecular complexity index is 554. The molecule has 0 unspecified atom stereocenters. The van der Waals surface area contributed by atoms with Crippen molar-refractivity contribution >= 4 is 0 Å². The topological polar surface area (TPSA) is 42.2 Å². The highest BCUT2D eigenvalue weighted by molar-refractivity contribution is 5.39. The summed E-state index contributed by atoms with van der Waals surface area (Å²) in [5.41, 5.74) is 1.84. The van der Waals surface area contributed by atoms with Gasteiger partial charge < -0.3 is 9.47 Å². The molecule has 1 aliphatic heterocycles. The Morgan fingerprint density at radius 3 is 2.39 bits per heavy atom. The van der Waals surface area contributed by atoms with Crippen LogP contribution in [0.5, 0.6) is 0 Å². The number of hydrogen-bond acceptors (Lipinski definition) is 3. The minimum Gasteiger partial charge on any atom is -0.348 e. The molecule has 0 bridgehead atoms. The summed E-state index contributed by atoms with van der Waals surface area (Å²) in [6.45, 7) is 3.79. The van der Waals surface area contributed by atoms with Crippen LogP contribution in [0.25, 0.3) is 0 Å². The lowest BCUT2D eigenvalue weighted by Crippen LogP contribution is -2.27. The van der Waals surface area contributed by atoms with Gasteiger partial charge in [-0.15, -0.1) is 0 Å². The van der Waals surface area contributed by atoms with Gasteiger partial charge in [0.25, 0.3) is 0 Å². The summed E-state index contributed by atoms with van der Waals surface area (Å²) in [5, 5.41) is 8.45. The predicted molar refractivity (Wildman–Crippen MR) is 90.4 cm³/mol. The molecule has 0 aromatic heterocycles. The zero-order chi connectivity index (χ0) is 16.3. The first-order valence-electron chi connectivity index (χ1n) is 8.56. The highest BCUT2D eigenvalue weighted by Crippen LogP contribution is 2.27. The average Bonchev–Trinajstić information content (AvgIpc) is 2.61. The molecule has 0 aliphatic carbocycles. The van der Waals surface area contributed by atoms with Crippen molar-refractivity contribution in [3.63, 3.8) is 0 Å². The van der Waals surface area contributed by atoms with E-state index in [1.54, 1.807) is 0 Å². The van der Waals surface area contributed by atoms with Crippen molar-refractivity contribution in [3.05, 3.63) is 35.4 Å². The number of rotatable bonds is 7. The summed E-state index contributed by atoms with van der Waals surface area (Å²) in [5.74, 6) is 5.69. The van der Waals surface area contributed by atoms with Crippen molar-refractivity contribution in [1.29, 1.82) is 5.26 Å². The molecule has 0 atom stereocenters. The van der Waals surface area contributed by atoms with Crippen molar-refractivity contribution in [2.24, 2.45) is 5.92 Å². The van der Waals surface area contributed by atoms with Crippen molar-refractivity contribution in [3.8, 4) is 17.9 Å². The maximum atomic E-state index is 8.45. The van der Waals surface area contributed by atoms with E-state index in [1.807, 2.05) is 30.3 Å². The van der Waals surface area contributed by atoms with Crippen molar-refractivity contribution < 1.29 is 9.47 Å². The summed E-state index contributed by atoms with van der Waals surface area (Å²) >= 11 is 0. The molecule has 0 radical (unpaired) electrons. The van der Waals surface area contributed by atoms with E-state index in [1.165, 1.54) is 38.5 Å². The molecular weight excluding hydrogens is 286 g/mol. The van der Waals surface area contributed by atoms with E-state index in [0.717, 1.165) is 24.3 Å². The van der Waals surface area contributed by atoms with Gasteiger partial charge in [0.1, 0.15) is 0 Å². The fourth-order valence-corrected chi connectivity index (χ4v) is 2.76. The first-order valence-corrected chi connectivity index (χ1v) is 8.56. The maximum absolute atomic E-state index is 8.45. The van der Waals surface area contributed by atoms with E-state index < -0.39 is 0 Å². The third-order valence-electron chi connectivity index (χ3n) is 4.13. The van der Waals surface area contributed by atoms with Gasteiger partial charge in [0.2, 0.25) is 0 Å². The number of ether oxygens (including phenoxy) is 2. The normalized spacial score (nSPS) is 20.3. The van der Waals surface area contributed by atoms with Gasteiger partial charge >= 0.3 is 0 Å². The van der Waals surface area contributed by atoms with Crippen LogP contribution < -0.4 is 0 Å². The largest absolute Gasteiger partial charge is 0.348 e. The summed E-state index contributed by atoms with van der Waals surface area (Å²) in [7, 11) is 0. The molecule has 0 spiro atoms. The van der Waals surface area contributed by atoms with Crippen LogP contribution in [0.15, 0.2) is 24.3 Å². The van der Waals surface area contributed by atoms with Crippen LogP contribution in [0.4, 0.5) is 0 Å². The molecule has 1 heterocycles. The second kappa shape index (κ2) is 10.1. The van der Waals surface area contributed by atoms with Gasteiger partial charge in [-0.3, -0.25) is 0 Å². The number of benzene rings is 1. The van der Waals surface area contributed by atoms with E-state index in [2.05, 4.69) is 18.8 Å². The Morgan fingerprint density at radius 2 is 1.74 bits per heavy atom. The van der Waals surface area contributed by atoms with E-state index in [0.29, 0.717) is 5.92 Å². The lowest BCUT2D eigenvalue weighted by molar-refractivity contribution is -0.206. The third-order valence-corrected chi connectivity index (χ3v) is 4.13. The standard InChI is InChI=1S/C20H25NO2/c1-2-3-4-5-6-8-18-15-22-20(23-16-18)19-12-10-17(11-13-19)9-7-14-21/h10-13,18,20H,2-6,8,15-16H2,1H3. The van der Waals surface area contributed by atoms with Crippen molar-refractivity contribution in [1.82, 2.24) is 0 Å². The molecule has 2 rings (SSSR count). The lowest BCUT2D eigenvalue weighted by atomic mass is 10.0. The molecule has 1 aromatic carbocycles. The monoisotopic (exact) mass is 311 g/mol. The van der Waals surface area contributed by atoms with E-state index in [-0.39, 0.29) is 6.29 Å². The molecule has 3 heteroatoms. The van der Waals surface area contributed by atoms with Crippen molar-refractivity contribution in [2.45, 2.75) is 51.7 Å². The van der Waals surface area contributed by atoms with Gasteiger partial charge in [0.05, 0.1) is 13.2 Å². The quantitative estimate of drug-likeness (QED) is 0.546. The molecule has 122 valence electrons. The number of unbranched alkanes of at least 4 members (excludes halogenated alkanes) is 4.